The minimum absolute atomic E-state index is 0.0328. The van der Waals surface area contributed by atoms with E-state index in [1.54, 1.807) is 18.3 Å². The van der Waals surface area contributed by atoms with E-state index in [4.69, 9.17) is 16.3 Å². The average Bonchev–Trinajstić information content (AvgIpc) is 4.00. The molecule has 1 atom stereocenters. The lowest BCUT2D eigenvalue weighted by atomic mass is 9.93. The molecule has 0 unspecified atom stereocenters. The molecular weight excluding hydrogens is 674 g/mol. The highest BCUT2D eigenvalue weighted by molar-refractivity contribution is 7.90. The van der Waals surface area contributed by atoms with Crippen LogP contribution in [0.1, 0.15) is 69.2 Å². The third-order valence-corrected chi connectivity index (χ3v) is 12.2. The molecule has 4 aliphatic rings. The largest absolute Gasteiger partial charge is 0.469 e. The van der Waals surface area contributed by atoms with Crippen molar-refractivity contribution >= 4 is 45.2 Å². The fourth-order valence-electron chi connectivity index (χ4n) is 8.08. The van der Waals surface area contributed by atoms with E-state index in [1.165, 1.54) is 33.8 Å². The van der Waals surface area contributed by atoms with Crippen LogP contribution in [-0.2, 0) is 14.8 Å². The molecule has 0 bridgehead atoms. The minimum atomic E-state index is -4.36. The number of anilines is 1. The summed E-state index contributed by atoms with van der Waals surface area (Å²) in [5.74, 6) is 0.345. The fraction of sp³-hybridized carbons (Fsp3) is 0.515. The first-order valence-corrected chi connectivity index (χ1v) is 18.3. The number of carboxylic acid groups (broad SMARTS) is 1. The Hall–Kier alpha value is -4.24. The predicted molar refractivity (Wildman–Crippen MR) is 177 cm³/mol. The molecule has 16 heteroatoms. The van der Waals surface area contributed by atoms with Crippen LogP contribution in [0.5, 0.6) is 5.88 Å². The van der Waals surface area contributed by atoms with Crippen LogP contribution in [0.15, 0.2) is 47.6 Å². The SMILES string of the molecule is CC1(C)C[C@H](CCCNc2cccc(S(=O)(=O)NC(=O)c3ccc(-n4ccc(OCC(=O)C5C6(CC6)C56CC6)n4)nc3Cl)n2)CN1C(=O)O. The maximum absolute atomic E-state index is 13.1. The number of halogens is 1. The Morgan fingerprint density at radius 2 is 1.80 bits per heavy atom. The normalized spacial score (nSPS) is 21.0. The number of hydrogen-bond donors (Lipinski definition) is 3. The zero-order valence-electron chi connectivity index (χ0n) is 27.2. The highest BCUT2D eigenvalue weighted by atomic mass is 35.5. The monoisotopic (exact) mass is 711 g/mol. The molecule has 49 heavy (non-hydrogen) atoms. The Balaban J connectivity index is 0.909. The van der Waals surface area contributed by atoms with Crippen molar-refractivity contribution in [3.05, 3.63) is 53.3 Å². The van der Waals surface area contributed by atoms with E-state index in [1.807, 2.05) is 18.6 Å². The summed E-state index contributed by atoms with van der Waals surface area (Å²) in [5, 5.41) is 16.3. The Bertz CT molecular complexity index is 1920. The van der Waals surface area contributed by atoms with Crippen molar-refractivity contribution in [2.75, 3.05) is 25.0 Å². The van der Waals surface area contributed by atoms with E-state index in [-0.39, 0.29) is 62.5 Å². The van der Waals surface area contributed by atoms with Crippen molar-refractivity contribution < 1.29 is 32.6 Å². The number of hydrogen-bond acceptors (Lipinski definition) is 10. The third-order valence-electron chi connectivity index (χ3n) is 10.7. The molecule has 3 aliphatic carbocycles. The van der Waals surface area contributed by atoms with Gasteiger partial charge in [0.2, 0.25) is 5.88 Å². The first-order valence-electron chi connectivity index (χ1n) is 16.4. The lowest BCUT2D eigenvalue weighted by Gasteiger charge is -2.28. The Labute approximate surface area is 288 Å². The molecule has 0 aromatic carbocycles. The number of likely N-dealkylation sites (tertiary alicyclic amines) is 1. The number of rotatable bonds is 13. The van der Waals surface area contributed by atoms with Gasteiger partial charge in [-0.25, -0.2) is 24.2 Å². The summed E-state index contributed by atoms with van der Waals surface area (Å²) in [4.78, 5) is 47.1. The van der Waals surface area contributed by atoms with Gasteiger partial charge in [0, 0.05) is 36.8 Å². The van der Waals surface area contributed by atoms with Crippen molar-refractivity contribution in [3.63, 3.8) is 0 Å². The van der Waals surface area contributed by atoms with Gasteiger partial charge < -0.3 is 20.1 Å². The number of amides is 2. The molecule has 0 radical (unpaired) electrons. The van der Waals surface area contributed by atoms with Crippen LogP contribution < -0.4 is 14.8 Å². The van der Waals surface area contributed by atoms with Gasteiger partial charge in [0.05, 0.1) is 5.56 Å². The number of Topliss-reactive ketones (excluding diaryl/α,β-unsaturated/α-hetero) is 1. The number of ether oxygens (including phenoxy) is 1. The van der Waals surface area contributed by atoms with E-state index >= 15 is 0 Å². The molecule has 3 saturated carbocycles. The molecule has 7 rings (SSSR count). The minimum Gasteiger partial charge on any atom is -0.469 e. The van der Waals surface area contributed by atoms with E-state index < -0.39 is 27.6 Å². The van der Waals surface area contributed by atoms with Crippen molar-refractivity contribution in [2.24, 2.45) is 22.7 Å². The van der Waals surface area contributed by atoms with Gasteiger partial charge in [-0.3, -0.25) is 9.59 Å². The first kappa shape index (κ1) is 33.3. The number of sulfonamides is 1. The van der Waals surface area contributed by atoms with Gasteiger partial charge in [-0.15, -0.1) is 5.10 Å². The van der Waals surface area contributed by atoms with Gasteiger partial charge >= 0.3 is 6.09 Å². The molecular formula is C33H38ClN7O7S. The van der Waals surface area contributed by atoms with E-state index in [0.717, 1.165) is 44.9 Å². The highest BCUT2D eigenvalue weighted by Crippen LogP contribution is 2.92. The molecule has 1 saturated heterocycles. The van der Waals surface area contributed by atoms with Crippen molar-refractivity contribution in [3.8, 4) is 11.7 Å². The predicted octanol–water partition coefficient (Wildman–Crippen LogP) is 4.54. The van der Waals surface area contributed by atoms with Gasteiger partial charge in [-0.2, -0.15) is 8.42 Å². The number of pyridine rings is 2. The quantitative estimate of drug-likeness (QED) is 0.167. The van der Waals surface area contributed by atoms with Gasteiger partial charge in [0.1, 0.15) is 17.6 Å². The topological polar surface area (TPSA) is 186 Å². The fourth-order valence-corrected chi connectivity index (χ4v) is 9.25. The van der Waals surface area contributed by atoms with Crippen molar-refractivity contribution in [1.29, 1.82) is 0 Å². The van der Waals surface area contributed by atoms with Crippen molar-refractivity contribution in [1.82, 2.24) is 29.4 Å². The summed E-state index contributed by atoms with van der Waals surface area (Å²) < 4.78 is 35.2. The number of ketones is 1. The molecule has 14 nitrogen and oxygen atoms in total. The van der Waals surface area contributed by atoms with Crippen LogP contribution >= 0.6 is 11.6 Å². The molecule has 3 N–H and O–H groups in total. The second kappa shape index (κ2) is 12.0. The molecule has 1 aliphatic heterocycles. The molecule has 3 aromatic heterocycles. The van der Waals surface area contributed by atoms with Gasteiger partial charge in [0.25, 0.3) is 15.9 Å². The van der Waals surface area contributed by atoms with E-state index in [9.17, 15) is 27.9 Å². The second-order valence-corrected chi connectivity index (χ2v) is 16.2. The molecule has 4 heterocycles. The summed E-state index contributed by atoms with van der Waals surface area (Å²) in [7, 11) is -4.36. The third kappa shape index (κ3) is 6.22. The molecule has 4 fully saturated rings. The number of carbonyl (C=O) groups excluding carboxylic acids is 2. The van der Waals surface area contributed by atoms with Gasteiger partial charge in [-0.05, 0) is 99.8 Å². The summed E-state index contributed by atoms with van der Waals surface area (Å²) in [5.41, 5.74) is -0.0376. The number of fused-ring (bicyclic) bond motifs is 1. The van der Waals surface area contributed by atoms with Gasteiger partial charge in [0.15, 0.2) is 16.6 Å². The maximum Gasteiger partial charge on any atom is 0.407 e. The Kier molecular flexibility index (Phi) is 8.13. The summed E-state index contributed by atoms with van der Waals surface area (Å²) in [6, 6.07) is 8.80. The van der Waals surface area contributed by atoms with Crippen LogP contribution in [0.2, 0.25) is 5.15 Å². The van der Waals surface area contributed by atoms with Crippen LogP contribution in [0.3, 0.4) is 0 Å². The lowest BCUT2D eigenvalue weighted by Crippen LogP contribution is -2.41. The van der Waals surface area contributed by atoms with Crippen LogP contribution in [0.25, 0.3) is 5.82 Å². The maximum atomic E-state index is 13.1. The Morgan fingerprint density at radius 1 is 1.06 bits per heavy atom. The standard InChI is InChI=1S/C33H38ClN7O7S/c1-31(2)17-20(18-40(31)30(44)45)5-4-15-35-23-6-3-7-26(36-23)49(46,47)39-29(43)21-8-9-24(37-28(21)34)41-16-10-25(38-41)48-19-22(42)27-32(11-12-32)33(27)13-14-33/h3,6-10,16,20,27H,4-5,11-15,17-19H2,1-2H3,(H,35,36)(H,39,43)(H,44,45)/t20-/m0/s1. The van der Waals surface area contributed by atoms with Crippen molar-refractivity contribution in [2.45, 2.75) is 69.4 Å². The van der Waals surface area contributed by atoms with Crippen LogP contribution in [0, 0.1) is 22.7 Å². The molecule has 2 spiro atoms. The molecule has 260 valence electrons. The molecule has 2 amide bonds. The second-order valence-electron chi connectivity index (χ2n) is 14.2. The van der Waals surface area contributed by atoms with Crippen LogP contribution in [-0.4, -0.2) is 81.2 Å². The number of nitrogens with one attached hydrogen (secondary N) is 2. The number of aromatic nitrogens is 4. The lowest BCUT2D eigenvalue weighted by molar-refractivity contribution is -0.123. The summed E-state index contributed by atoms with van der Waals surface area (Å²) >= 11 is 6.31. The zero-order valence-corrected chi connectivity index (χ0v) is 28.8. The highest BCUT2D eigenvalue weighted by Gasteiger charge is 2.88. The zero-order chi connectivity index (χ0) is 34.8. The smallest absolute Gasteiger partial charge is 0.407 e. The van der Waals surface area contributed by atoms with E-state index in [0.29, 0.717) is 18.9 Å². The number of carbonyl (C=O) groups is 3. The number of nitrogens with zero attached hydrogens (tertiary/aromatic N) is 5. The van der Waals surface area contributed by atoms with E-state index in [2.05, 4.69) is 20.4 Å². The Morgan fingerprint density at radius 3 is 2.45 bits per heavy atom. The summed E-state index contributed by atoms with van der Waals surface area (Å²) in [6.07, 6.45) is 7.56. The van der Waals surface area contributed by atoms with Gasteiger partial charge in [-0.1, -0.05) is 17.7 Å². The molecule has 3 aromatic rings. The first-order chi connectivity index (χ1) is 23.2. The average molecular weight is 712 g/mol. The summed E-state index contributed by atoms with van der Waals surface area (Å²) in [6.45, 7) is 4.80. The van der Waals surface area contributed by atoms with Crippen LogP contribution in [0.4, 0.5) is 10.6 Å².